The Labute approximate surface area is 82.3 Å². The second kappa shape index (κ2) is 6.93. The fraction of sp³-hybridized carbons (Fsp3) is 0.818. The highest BCUT2D eigenvalue weighted by Crippen LogP contribution is 2.07. The van der Waals surface area contributed by atoms with Crippen LogP contribution in [0.4, 0.5) is 0 Å². The van der Waals surface area contributed by atoms with Gasteiger partial charge >= 0.3 is 0 Å². The summed E-state index contributed by atoms with van der Waals surface area (Å²) in [5.74, 6) is 0.278. The topological polar surface area (TPSA) is 20.3 Å². The maximum atomic E-state index is 11.6. The van der Waals surface area contributed by atoms with E-state index < -0.39 is 0 Å². The molecule has 2 heteroatoms. The van der Waals surface area contributed by atoms with Crippen molar-refractivity contribution >= 4 is 5.91 Å². The van der Waals surface area contributed by atoms with Gasteiger partial charge in [0.15, 0.2) is 0 Å². The van der Waals surface area contributed by atoms with Crippen molar-refractivity contribution in [1.82, 2.24) is 4.90 Å². The van der Waals surface area contributed by atoms with E-state index in [0.717, 1.165) is 25.8 Å². The average molecular weight is 184 g/mol. The van der Waals surface area contributed by atoms with Crippen molar-refractivity contribution in [3.63, 3.8) is 0 Å². The Bertz CT molecular complexity index is 145. The van der Waals surface area contributed by atoms with E-state index in [1.807, 2.05) is 11.8 Å². The van der Waals surface area contributed by atoms with E-state index in [4.69, 9.17) is 0 Å². The first-order chi connectivity index (χ1) is 6.17. The molecule has 1 atom stereocenters. The van der Waals surface area contributed by atoms with Gasteiger partial charge < -0.3 is 4.90 Å². The molecule has 77 valence electrons. The van der Waals surface area contributed by atoms with E-state index in [1.165, 1.54) is 0 Å². The largest absolute Gasteiger partial charge is 0.340 e. The minimum absolute atomic E-state index is 0.278. The molecule has 2 nitrogen and oxygen atoms in total. The summed E-state index contributed by atoms with van der Waals surface area (Å²) in [6.07, 6.45) is 3.45. The smallest absolute Gasteiger partial charge is 0.222 e. The summed E-state index contributed by atoms with van der Waals surface area (Å²) < 4.78 is 0. The zero-order chi connectivity index (χ0) is 10.3. The van der Waals surface area contributed by atoms with E-state index in [9.17, 15) is 4.79 Å². The first kappa shape index (κ1) is 12.5. The van der Waals surface area contributed by atoms with Gasteiger partial charge in [-0.05, 0) is 26.7 Å². The van der Waals surface area contributed by atoms with Crippen molar-refractivity contribution in [2.24, 2.45) is 0 Å². The number of hydrogen-bond donors (Lipinski definition) is 0. The zero-order valence-electron chi connectivity index (χ0n) is 9.18. The molecule has 0 aromatic rings. The molecule has 0 aliphatic heterocycles. The van der Waals surface area contributed by atoms with Gasteiger partial charge in [0.1, 0.15) is 0 Å². The Morgan fingerprint density at radius 2 is 2.08 bits per heavy atom. The van der Waals surface area contributed by atoms with Gasteiger partial charge in [-0.15, -0.1) is 0 Å². The lowest BCUT2D eigenvalue weighted by Crippen LogP contribution is -2.37. The van der Waals surface area contributed by atoms with E-state index in [0.29, 0.717) is 12.5 Å². The summed E-state index contributed by atoms with van der Waals surface area (Å²) in [7, 11) is 0. The highest BCUT2D eigenvalue weighted by atomic mass is 16.2. The van der Waals surface area contributed by atoms with Crippen molar-refractivity contribution in [2.75, 3.05) is 6.54 Å². The fourth-order valence-electron chi connectivity index (χ4n) is 1.37. The predicted molar refractivity (Wildman–Crippen MR) is 56.3 cm³/mol. The highest BCUT2D eigenvalue weighted by molar-refractivity contribution is 5.76. The molecule has 0 aromatic heterocycles. The van der Waals surface area contributed by atoms with Gasteiger partial charge in [0.2, 0.25) is 5.91 Å². The minimum Gasteiger partial charge on any atom is -0.340 e. The normalized spacial score (nSPS) is 12.6. The summed E-state index contributed by atoms with van der Waals surface area (Å²) in [4.78, 5) is 13.6. The number of carbonyl (C=O) groups is 1. The summed E-state index contributed by atoms with van der Waals surface area (Å²) in [5, 5.41) is 0. The molecule has 0 aliphatic rings. The molecular weight excluding hydrogens is 162 g/mol. The lowest BCUT2D eigenvalue weighted by molar-refractivity contribution is -0.133. The van der Waals surface area contributed by atoms with Gasteiger partial charge in [0.25, 0.3) is 0 Å². The average Bonchev–Trinajstić information content (AvgIpc) is 2.15. The molecular formula is C11H22NO. The van der Waals surface area contributed by atoms with Gasteiger partial charge in [0, 0.05) is 19.0 Å². The molecule has 0 rings (SSSR count). The van der Waals surface area contributed by atoms with Crippen LogP contribution in [0.25, 0.3) is 0 Å². The van der Waals surface area contributed by atoms with E-state index in [1.54, 1.807) is 0 Å². The Morgan fingerprint density at radius 3 is 2.46 bits per heavy atom. The van der Waals surface area contributed by atoms with Gasteiger partial charge in [-0.1, -0.05) is 20.3 Å². The third kappa shape index (κ3) is 4.30. The summed E-state index contributed by atoms with van der Waals surface area (Å²) in [5.41, 5.74) is 0. The predicted octanol–water partition coefficient (Wildman–Crippen LogP) is 2.64. The number of hydrogen-bond acceptors (Lipinski definition) is 1. The monoisotopic (exact) mass is 184 g/mol. The lowest BCUT2D eigenvalue weighted by Gasteiger charge is -2.27. The number of carbonyl (C=O) groups excluding carboxylic acids is 1. The molecule has 0 bridgehead atoms. The second-order valence-corrected chi connectivity index (χ2v) is 3.39. The van der Waals surface area contributed by atoms with Crippen LogP contribution >= 0.6 is 0 Å². The van der Waals surface area contributed by atoms with Crippen LogP contribution in [0.1, 0.15) is 46.5 Å². The van der Waals surface area contributed by atoms with Crippen LogP contribution in [0.2, 0.25) is 0 Å². The minimum atomic E-state index is 0.278. The molecule has 0 saturated carbocycles. The number of rotatable bonds is 6. The summed E-state index contributed by atoms with van der Waals surface area (Å²) >= 11 is 0. The van der Waals surface area contributed by atoms with Crippen LogP contribution in [0.15, 0.2) is 0 Å². The molecule has 0 spiro atoms. The molecule has 1 unspecified atom stereocenters. The zero-order valence-corrected chi connectivity index (χ0v) is 9.18. The molecule has 1 radical (unpaired) electrons. The van der Waals surface area contributed by atoms with Crippen molar-refractivity contribution in [3.8, 4) is 0 Å². The molecule has 1 amide bonds. The van der Waals surface area contributed by atoms with Crippen molar-refractivity contribution in [1.29, 1.82) is 0 Å². The Kier molecular flexibility index (Phi) is 6.65. The van der Waals surface area contributed by atoms with Crippen LogP contribution in [0, 0.1) is 6.92 Å². The van der Waals surface area contributed by atoms with Crippen LogP contribution in [0.5, 0.6) is 0 Å². The molecule has 0 aromatic carbocycles. The first-order valence-electron chi connectivity index (χ1n) is 5.26. The third-order valence-electron chi connectivity index (χ3n) is 2.42. The van der Waals surface area contributed by atoms with E-state index in [2.05, 4.69) is 20.8 Å². The van der Waals surface area contributed by atoms with Gasteiger partial charge in [-0.2, -0.15) is 0 Å². The Morgan fingerprint density at radius 1 is 1.46 bits per heavy atom. The SMILES string of the molecule is [CH2]CCCC(=O)N(CC)C(C)CC. The Hall–Kier alpha value is -0.530. The van der Waals surface area contributed by atoms with Crippen molar-refractivity contribution < 1.29 is 4.79 Å². The maximum Gasteiger partial charge on any atom is 0.222 e. The maximum absolute atomic E-state index is 11.6. The van der Waals surface area contributed by atoms with Crippen LogP contribution in [0.3, 0.4) is 0 Å². The molecule has 13 heavy (non-hydrogen) atoms. The summed E-state index contributed by atoms with van der Waals surface area (Å²) in [6, 6.07) is 0.377. The van der Waals surface area contributed by atoms with Crippen LogP contribution < -0.4 is 0 Å². The van der Waals surface area contributed by atoms with Gasteiger partial charge in [-0.3, -0.25) is 4.79 Å². The van der Waals surface area contributed by atoms with E-state index >= 15 is 0 Å². The van der Waals surface area contributed by atoms with Crippen LogP contribution in [-0.4, -0.2) is 23.4 Å². The van der Waals surface area contributed by atoms with E-state index in [-0.39, 0.29) is 5.91 Å². The van der Waals surface area contributed by atoms with Gasteiger partial charge in [-0.25, -0.2) is 0 Å². The molecule has 0 heterocycles. The quantitative estimate of drug-likeness (QED) is 0.621. The van der Waals surface area contributed by atoms with Gasteiger partial charge in [0.05, 0.1) is 0 Å². The number of amides is 1. The number of unbranched alkanes of at least 4 members (excludes halogenated alkanes) is 1. The third-order valence-corrected chi connectivity index (χ3v) is 2.42. The molecule has 0 saturated heterocycles. The summed E-state index contributed by atoms with van der Waals surface area (Å²) in [6.45, 7) is 10.8. The van der Waals surface area contributed by atoms with Crippen LogP contribution in [-0.2, 0) is 4.79 Å². The molecule has 0 N–H and O–H groups in total. The molecule has 0 fully saturated rings. The highest BCUT2D eigenvalue weighted by Gasteiger charge is 2.15. The Balaban J connectivity index is 3.99. The standard InChI is InChI=1S/C11H22NO/c1-5-8-9-11(13)12(7-3)10(4)6-2/h10H,1,5-9H2,2-4H3. The number of nitrogens with zero attached hydrogens (tertiary/aromatic N) is 1. The lowest BCUT2D eigenvalue weighted by atomic mass is 10.1. The fourth-order valence-corrected chi connectivity index (χ4v) is 1.37. The first-order valence-corrected chi connectivity index (χ1v) is 5.26. The molecule has 0 aliphatic carbocycles. The second-order valence-electron chi connectivity index (χ2n) is 3.39. The van der Waals surface area contributed by atoms with Crippen molar-refractivity contribution in [2.45, 2.75) is 52.5 Å². The van der Waals surface area contributed by atoms with Crippen molar-refractivity contribution in [3.05, 3.63) is 6.92 Å².